The zero-order valence-corrected chi connectivity index (χ0v) is 20.5. The fourth-order valence-electron chi connectivity index (χ4n) is 3.98. The molecule has 0 aliphatic carbocycles. The van der Waals surface area contributed by atoms with Gasteiger partial charge in [0.15, 0.2) is 0 Å². The van der Waals surface area contributed by atoms with Crippen LogP contribution >= 0.6 is 11.3 Å². The molecule has 0 atom stereocenters. The summed E-state index contributed by atoms with van der Waals surface area (Å²) in [7, 11) is 0. The van der Waals surface area contributed by atoms with Gasteiger partial charge in [0.1, 0.15) is 17.5 Å². The number of aliphatic imine (C=N–C) groups is 1. The van der Waals surface area contributed by atoms with Gasteiger partial charge >= 0.3 is 0 Å². The maximum absolute atomic E-state index is 14.0. The van der Waals surface area contributed by atoms with Crippen LogP contribution in [0.25, 0.3) is 21.8 Å². The van der Waals surface area contributed by atoms with E-state index in [9.17, 15) is 14.0 Å². The zero-order chi connectivity index (χ0) is 25.1. The third-order valence-corrected chi connectivity index (χ3v) is 6.69. The summed E-state index contributed by atoms with van der Waals surface area (Å²) in [5.74, 6) is -0.260. The monoisotopic (exact) mass is 488 g/mol. The summed E-state index contributed by atoms with van der Waals surface area (Å²) in [4.78, 5) is 35.4. The Labute approximate surface area is 206 Å². The predicted molar refractivity (Wildman–Crippen MR) is 138 cm³/mol. The molecule has 0 fully saturated rings. The third kappa shape index (κ3) is 5.27. The highest BCUT2D eigenvalue weighted by Gasteiger charge is 2.20. The number of nitrogens with two attached hydrogens (primary N) is 1. The minimum absolute atomic E-state index is 0.115. The first-order valence-electron chi connectivity index (χ1n) is 11.1. The number of thiophene rings is 1. The molecule has 0 bridgehead atoms. The molecular formula is C27H25FN4O2S. The zero-order valence-electron chi connectivity index (χ0n) is 19.7. The molecule has 1 amide bonds. The highest BCUT2D eigenvalue weighted by molar-refractivity contribution is 7.15. The lowest BCUT2D eigenvalue weighted by atomic mass is 10.1. The molecule has 2 N–H and O–H groups in total. The normalized spacial score (nSPS) is 11.6. The number of benzene rings is 2. The molecule has 0 saturated heterocycles. The lowest BCUT2D eigenvalue weighted by molar-refractivity contribution is -0.115. The van der Waals surface area contributed by atoms with Crippen LogP contribution in [-0.4, -0.2) is 21.3 Å². The van der Waals surface area contributed by atoms with Crippen molar-refractivity contribution in [2.24, 2.45) is 10.7 Å². The van der Waals surface area contributed by atoms with Crippen LogP contribution in [0, 0.1) is 19.7 Å². The van der Waals surface area contributed by atoms with Crippen molar-refractivity contribution in [2.45, 2.75) is 33.7 Å². The summed E-state index contributed by atoms with van der Waals surface area (Å²) in [5, 5.41) is 0. The first kappa shape index (κ1) is 24.2. The number of nitrogens with zero attached hydrogens (tertiary/aromatic N) is 3. The Morgan fingerprint density at radius 3 is 2.54 bits per heavy atom. The lowest BCUT2D eigenvalue weighted by Crippen LogP contribution is -2.27. The predicted octanol–water partition coefficient (Wildman–Crippen LogP) is 4.89. The van der Waals surface area contributed by atoms with Crippen molar-refractivity contribution >= 4 is 23.1 Å². The Bertz CT molecular complexity index is 1490. The summed E-state index contributed by atoms with van der Waals surface area (Å²) in [5.41, 5.74) is 9.01. The molecule has 4 rings (SSSR count). The van der Waals surface area contributed by atoms with E-state index in [-0.39, 0.29) is 11.4 Å². The van der Waals surface area contributed by atoms with Crippen molar-refractivity contribution in [3.05, 3.63) is 98.5 Å². The van der Waals surface area contributed by atoms with Crippen molar-refractivity contribution in [1.82, 2.24) is 9.55 Å². The number of hydrogen-bond acceptors (Lipinski definition) is 4. The van der Waals surface area contributed by atoms with Gasteiger partial charge in [0, 0.05) is 34.3 Å². The van der Waals surface area contributed by atoms with E-state index >= 15 is 0 Å². The van der Waals surface area contributed by atoms with Crippen LogP contribution in [0.2, 0.25) is 0 Å². The van der Waals surface area contributed by atoms with Crippen molar-refractivity contribution in [1.29, 1.82) is 0 Å². The summed E-state index contributed by atoms with van der Waals surface area (Å²) >= 11 is 1.39. The second-order valence-electron chi connectivity index (χ2n) is 8.20. The molecule has 0 spiro atoms. The molecule has 0 unspecified atom stereocenters. The topological polar surface area (TPSA) is 90.3 Å². The van der Waals surface area contributed by atoms with Gasteiger partial charge in [-0.3, -0.25) is 14.2 Å². The number of rotatable bonds is 6. The molecule has 0 aliphatic heterocycles. The Kier molecular flexibility index (Phi) is 7.02. The first-order chi connectivity index (χ1) is 16.7. The van der Waals surface area contributed by atoms with Crippen LogP contribution < -0.4 is 11.3 Å². The number of carbonyl (C=O) groups excluding carboxylic acids is 1. The first-order valence-corrected chi connectivity index (χ1v) is 11.9. The van der Waals surface area contributed by atoms with E-state index in [4.69, 9.17) is 10.7 Å². The summed E-state index contributed by atoms with van der Waals surface area (Å²) in [6.07, 6.45) is 0.611. The van der Waals surface area contributed by atoms with E-state index in [1.807, 2.05) is 37.3 Å². The van der Waals surface area contributed by atoms with Gasteiger partial charge in [-0.05, 0) is 44.0 Å². The Balaban J connectivity index is 1.87. The van der Waals surface area contributed by atoms with Gasteiger partial charge in [-0.25, -0.2) is 9.37 Å². The van der Waals surface area contributed by atoms with E-state index < -0.39 is 11.7 Å². The third-order valence-electron chi connectivity index (χ3n) is 5.62. The van der Waals surface area contributed by atoms with Gasteiger partial charge in [-0.2, -0.15) is 4.99 Å². The van der Waals surface area contributed by atoms with Gasteiger partial charge < -0.3 is 5.73 Å². The van der Waals surface area contributed by atoms with Crippen LogP contribution in [0.1, 0.15) is 28.6 Å². The molecule has 2 aromatic heterocycles. The number of aromatic nitrogens is 2. The van der Waals surface area contributed by atoms with E-state index in [2.05, 4.69) is 4.99 Å². The van der Waals surface area contributed by atoms with Gasteiger partial charge in [-0.15, -0.1) is 11.3 Å². The maximum atomic E-state index is 14.0. The molecule has 8 heteroatoms. The Morgan fingerprint density at radius 1 is 1.11 bits per heavy atom. The number of hydrogen-bond donors (Lipinski definition) is 1. The van der Waals surface area contributed by atoms with E-state index in [0.717, 1.165) is 10.4 Å². The Morgan fingerprint density at radius 2 is 1.86 bits per heavy atom. The number of amides is 1. The molecule has 6 nitrogen and oxygen atoms in total. The van der Waals surface area contributed by atoms with Crippen LogP contribution in [0.15, 0.2) is 70.5 Å². The van der Waals surface area contributed by atoms with Gasteiger partial charge in [0.25, 0.3) is 5.56 Å². The Hall–Kier alpha value is -3.91. The number of carbonyl (C=O) groups is 1. The minimum atomic E-state index is -0.396. The fraction of sp³-hybridized carbons (Fsp3) is 0.185. The minimum Gasteiger partial charge on any atom is -0.383 e. The van der Waals surface area contributed by atoms with Crippen LogP contribution in [0.5, 0.6) is 0 Å². The highest BCUT2D eigenvalue weighted by Crippen LogP contribution is 2.32. The van der Waals surface area contributed by atoms with E-state index in [0.29, 0.717) is 46.1 Å². The van der Waals surface area contributed by atoms with Gasteiger partial charge in [0.2, 0.25) is 5.91 Å². The van der Waals surface area contributed by atoms with Crippen LogP contribution in [-0.2, 0) is 17.8 Å². The molecule has 0 aliphatic rings. The summed E-state index contributed by atoms with van der Waals surface area (Å²) < 4.78 is 15.6. The number of amidine groups is 1. The highest BCUT2D eigenvalue weighted by atomic mass is 32.1. The maximum Gasteiger partial charge on any atom is 0.262 e. The molecule has 0 radical (unpaired) electrons. The fourth-order valence-corrected chi connectivity index (χ4v) is 5.09. The average Bonchev–Trinajstić information content (AvgIpc) is 3.19. The van der Waals surface area contributed by atoms with Crippen molar-refractivity contribution in [2.75, 3.05) is 0 Å². The van der Waals surface area contributed by atoms with Gasteiger partial charge in [0.05, 0.1) is 11.3 Å². The van der Waals surface area contributed by atoms with Crippen molar-refractivity contribution < 1.29 is 9.18 Å². The number of aryl methyl sites for hydroxylation is 3. The second-order valence-corrected chi connectivity index (χ2v) is 9.45. The molecule has 2 heterocycles. The van der Waals surface area contributed by atoms with Crippen molar-refractivity contribution in [3.8, 4) is 21.8 Å². The SMILES string of the molecule is CC(=O)N=C(N)c1cc(-c2c(C)nc(-c3cccc(F)c3)n(CCc3ccccc3)c2=O)sc1C. The van der Waals surface area contributed by atoms with Gasteiger partial charge in [-0.1, -0.05) is 42.5 Å². The average molecular weight is 489 g/mol. The van der Waals surface area contributed by atoms with Crippen molar-refractivity contribution in [3.63, 3.8) is 0 Å². The smallest absolute Gasteiger partial charge is 0.262 e. The van der Waals surface area contributed by atoms with E-state index in [1.165, 1.54) is 30.4 Å². The molecule has 4 aromatic rings. The molecular weight excluding hydrogens is 463 g/mol. The summed E-state index contributed by atoms with van der Waals surface area (Å²) in [6, 6.07) is 17.7. The molecule has 178 valence electrons. The summed E-state index contributed by atoms with van der Waals surface area (Å²) in [6.45, 7) is 5.34. The van der Waals surface area contributed by atoms with E-state index in [1.54, 1.807) is 29.7 Å². The standard InChI is InChI=1S/C27H25FN4O2S/c1-16-24(23-15-22(17(2)35-23)25(29)31-18(3)33)27(34)32(13-12-19-8-5-4-6-9-19)26(30-16)20-10-7-11-21(28)14-20/h4-11,14-15H,12-13H2,1-3H3,(H2,29,31,33). The van der Waals surface area contributed by atoms with Crippen LogP contribution in [0.3, 0.4) is 0 Å². The number of halogens is 1. The van der Waals surface area contributed by atoms with Crippen LogP contribution in [0.4, 0.5) is 4.39 Å². The second kappa shape index (κ2) is 10.1. The molecule has 35 heavy (non-hydrogen) atoms. The molecule has 2 aromatic carbocycles. The quantitative estimate of drug-likeness (QED) is 0.309. The largest absolute Gasteiger partial charge is 0.383 e. The molecule has 0 saturated carbocycles. The lowest BCUT2D eigenvalue weighted by Gasteiger charge is -2.16.